The Kier molecular flexibility index (Phi) is 15.8. The molecule has 3 rings (SSSR count). The second kappa shape index (κ2) is 16.6. The topological polar surface area (TPSA) is 37.6 Å². The molecule has 0 aliphatic heterocycles. The maximum atomic E-state index is 6.42. The van der Waals surface area contributed by atoms with Crippen molar-refractivity contribution in [1.29, 1.82) is 0 Å². The van der Waals surface area contributed by atoms with Gasteiger partial charge in [-0.15, -0.1) is 16.1 Å². The van der Waals surface area contributed by atoms with Crippen molar-refractivity contribution in [3.05, 3.63) is 100 Å². The molecule has 0 N–H and O–H groups in total. The summed E-state index contributed by atoms with van der Waals surface area (Å²) in [4.78, 5) is 14.4. The summed E-state index contributed by atoms with van der Waals surface area (Å²) in [5.74, 6) is 0. The van der Waals surface area contributed by atoms with Gasteiger partial charge in [0.2, 0.25) is 0 Å². The molecule has 3 nitrogen and oxygen atoms in total. The third-order valence-corrected chi connectivity index (χ3v) is 5.18. The zero-order valence-electron chi connectivity index (χ0n) is 26.6. The molecule has 0 saturated heterocycles. The average molecular weight is 634 g/mol. The molecule has 0 radical (unpaired) electrons. The molecule has 0 saturated carbocycles. The van der Waals surface area contributed by atoms with Gasteiger partial charge in [-0.1, -0.05) is 81.2 Å². The normalized spacial score (nSPS) is 12.0. The first-order chi connectivity index (χ1) is 17.8. The zero-order chi connectivity index (χ0) is 30.1. The van der Waals surface area contributed by atoms with E-state index >= 15 is 0 Å². The van der Waals surface area contributed by atoms with Gasteiger partial charge < -0.3 is 13.1 Å². The fourth-order valence-electron chi connectivity index (χ4n) is 3.32. The number of benzene rings is 2. The minimum Gasteiger partial charge on any atom is -0.342 e. The number of rotatable bonds is 4. The molecule has 3 aromatic rings. The molecule has 7 heteroatoms. The molecule has 0 atom stereocenters. The molecule has 1 heterocycles. The SMILES string of the molecule is CC(=Nc1c(C)cccc1C)c1cccc(C(C)=Nc2c(C)cc(C)cc2Cl)n1.[CH2-][Si](C)(C)C.[CH2-][Si](C)(C)C.[Fe+2]. The fraction of sp³-hybridized carbons (Fsp3) is 0.364. The second-order valence-corrected chi connectivity index (χ2v) is 23.2. The molecule has 0 bridgehead atoms. The molecule has 218 valence electrons. The van der Waals surface area contributed by atoms with Crippen LogP contribution in [0.5, 0.6) is 0 Å². The van der Waals surface area contributed by atoms with Crippen LogP contribution in [0.3, 0.4) is 0 Å². The van der Waals surface area contributed by atoms with E-state index in [2.05, 4.69) is 90.5 Å². The van der Waals surface area contributed by atoms with Crippen molar-refractivity contribution >= 4 is 50.5 Å². The Morgan fingerprint density at radius 2 is 1.05 bits per heavy atom. The first kappa shape index (κ1) is 38.2. The molecule has 0 aliphatic rings. The van der Waals surface area contributed by atoms with Gasteiger partial charge in [0.25, 0.3) is 0 Å². The first-order valence-corrected chi connectivity index (χ1v) is 21.2. The summed E-state index contributed by atoms with van der Waals surface area (Å²) in [6.07, 6.45) is 0. The van der Waals surface area contributed by atoms with Gasteiger partial charge in [-0.25, -0.2) is 9.98 Å². The molecular formula is C33H48ClFeN3Si2. The Bertz CT molecular complexity index is 1250. The fourth-order valence-corrected chi connectivity index (χ4v) is 3.68. The number of nitrogens with zero attached hydrogens (tertiary/aromatic N) is 3. The van der Waals surface area contributed by atoms with Gasteiger partial charge >= 0.3 is 17.1 Å². The average Bonchev–Trinajstić information content (AvgIpc) is 2.76. The van der Waals surface area contributed by atoms with Crippen molar-refractivity contribution in [2.45, 2.75) is 80.8 Å². The maximum Gasteiger partial charge on any atom is 2.00 e. The monoisotopic (exact) mass is 633 g/mol. The van der Waals surface area contributed by atoms with Gasteiger partial charge in [0.15, 0.2) is 0 Å². The molecule has 0 fully saturated rings. The van der Waals surface area contributed by atoms with E-state index in [1.165, 1.54) is 0 Å². The van der Waals surface area contributed by atoms with Crippen molar-refractivity contribution in [3.63, 3.8) is 0 Å². The quantitative estimate of drug-likeness (QED) is 0.160. The second-order valence-electron chi connectivity index (χ2n) is 12.6. The van der Waals surface area contributed by atoms with Crippen molar-refractivity contribution in [2.24, 2.45) is 9.98 Å². The van der Waals surface area contributed by atoms with E-state index in [1.54, 1.807) is 0 Å². The summed E-state index contributed by atoms with van der Waals surface area (Å²) in [6.45, 7) is 33.3. The van der Waals surface area contributed by atoms with Crippen LogP contribution in [0, 0.1) is 40.8 Å². The van der Waals surface area contributed by atoms with Crippen molar-refractivity contribution < 1.29 is 17.1 Å². The van der Waals surface area contributed by atoms with E-state index < -0.39 is 16.1 Å². The molecule has 2 aromatic carbocycles. The van der Waals surface area contributed by atoms with Crippen LogP contribution in [0.2, 0.25) is 44.3 Å². The number of aliphatic imine (C=N–C) groups is 2. The van der Waals surface area contributed by atoms with Gasteiger partial charge in [-0.05, 0) is 82.0 Å². The van der Waals surface area contributed by atoms with Gasteiger partial charge in [-0.2, -0.15) is 0 Å². The number of para-hydroxylation sites is 1. The Labute approximate surface area is 262 Å². The van der Waals surface area contributed by atoms with Crippen LogP contribution in [0.1, 0.15) is 47.5 Å². The smallest absolute Gasteiger partial charge is 0.342 e. The molecule has 0 amide bonds. The van der Waals surface area contributed by atoms with Crippen LogP contribution in [0.15, 0.2) is 58.5 Å². The minimum absolute atomic E-state index is 0. The van der Waals surface area contributed by atoms with E-state index in [-0.39, 0.29) is 17.1 Å². The zero-order valence-corrected chi connectivity index (χ0v) is 30.5. The van der Waals surface area contributed by atoms with Crippen molar-refractivity contribution in [2.75, 3.05) is 0 Å². The van der Waals surface area contributed by atoms with E-state index in [1.807, 2.05) is 52.0 Å². The summed E-state index contributed by atoms with van der Waals surface area (Å²) < 4.78 is 0. The van der Waals surface area contributed by atoms with Crippen molar-refractivity contribution in [1.82, 2.24) is 4.98 Å². The molecule has 0 aliphatic carbocycles. The number of pyridine rings is 1. The number of halogens is 1. The summed E-state index contributed by atoms with van der Waals surface area (Å²) in [7, 11) is -1.72. The third kappa shape index (κ3) is 15.2. The van der Waals surface area contributed by atoms with E-state index in [0.717, 1.165) is 56.4 Å². The summed E-state index contributed by atoms with van der Waals surface area (Å²) in [5.41, 5.74) is 9.64. The van der Waals surface area contributed by atoms with Crippen LogP contribution >= 0.6 is 11.6 Å². The minimum atomic E-state index is -0.861. The Morgan fingerprint density at radius 3 is 1.45 bits per heavy atom. The van der Waals surface area contributed by atoms with Crippen LogP contribution in [0.25, 0.3) is 0 Å². The molecule has 0 spiro atoms. The number of aromatic nitrogens is 1. The Balaban J connectivity index is 0.00000119. The van der Waals surface area contributed by atoms with Gasteiger partial charge in [0, 0.05) is 0 Å². The summed E-state index contributed by atoms with van der Waals surface area (Å²) in [6, 6.07) is 16.2. The van der Waals surface area contributed by atoms with Crippen LogP contribution in [0.4, 0.5) is 11.4 Å². The number of hydrogen-bond donors (Lipinski definition) is 0. The molecule has 40 heavy (non-hydrogen) atoms. The Hall–Kier alpha value is -1.83. The standard InChI is InChI=1S/C25H26ClN3.2C4H11Si.Fe/c1-15-13-18(4)25(21(26)14-15)28-20(6)23-12-8-11-22(29-23)19(5)27-24-16(2)9-7-10-17(24)3;2*1-5(2,3)4;/h7-14H,1-6H3;2*1H2,2-4H3;/q;2*-1;+2. The predicted octanol–water partition coefficient (Wildman–Crippen LogP) is 10.6. The Morgan fingerprint density at radius 1 is 0.675 bits per heavy atom. The van der Waals surface area contributed by atoms with Gasteiger partial charge in [0.1, 0.15) is 0 Å². The summed E-state index contributed by atoms with van der Waals surface area (Å²) in [5, 5.41) is 0.658. The van der Waals surface area contributed by atoms with Crippen LogP contribution < -0.4 is 0 Å². The number of hydrogen-bond acceptors (Lipinski definition) is 3. The van der Waals surface area contributed by atoms with E-state index in [4.69, 9.17) is 26.6 Å². The van der Waals surface area contributed by atoms with Crippen LogP contribution in [-0.4, -0.2) is 32.6 Å². The molecule has 0 unspecified atom stereocenters. The molecule has 1 aromatic heterocycles. The van der Waals surface area contributed by atoms with E-state index in [0.29, 0.717) is 5.02 Å². The van der Waals surface area contributed by atoms with Gasteiger partial charge in [-0.3, -0.25) is 4.99 Å². The third-order valence-electron chi connectivity index (χ3n) is 4.89. The number of aryl methyl sites for hydroxylation is 4. The maximum absolute atomic E-state index is 6.42. The summed E-state index contributed by atoms with van der Waals surface area (Å²) >= 11 is 6.42. The van der Waals surface area contributed by atoms with Gasteiger partial charge in [0.05, 0.1) is 39.2 Å². The van der Waals surface area contributed by atoms with E-state index in [9.17, 15) is 0 Å². The predicted molar refractivity (Wildman–Crippen MR) is 182 cm³/mol. The molecular weight excluding hydrogens is 586 g/mol. The largest absolute Gasteiger partial charge is 2.00 e. The van der Waals surface area contributed by atoms with Crippen molar-refractivity contribution in [3.8, 4) is 0 Å². The first-order valence-electron chi connectivity index (χ1n) is 13.4. The van der Waals surface area contributed by atoms with Crippen LogP contribution in [-0.2, 0) is 17.1 Å².